The molecule has 0 aromatic heterocycles. The quantitative estimate of drug-likeness (QED) is 0.239. The number of hydrogen-bond acceptors (Lipinski definition) is 6. The molecule has 4 N–H and O–H groups in total. The van der Waals surface area contributed by atoms with Gasteiger partial charge in [0.25, 0.3) is 5.69 Å². The van der Waals surface area contributed by atoms with Gasteiger partial charge >= 0.3 is 0 Å². The maximum atomic E-state index is 11.0. The lowest BCUT2D eigenvalue weighted by molar-refractivity contribution is -0.384. The number of rotatable bonds is 5. The van der Waals surface area contributed by atoms with Crippen LogP contribution in [0.15, 0.2) is 23.4 Å². The Labute approximate surface area is 109 Å². The van der Waals surface area contributed by atoms with Crippen LogP contribution in [0.4, 0.5) is 11.4 Å². The van der Waals surface area contributed by atoms with Gasteiger partial charge in [0.2, 0.25) is 0 Å². The van der Waals surface area contributed by atoms with Crippen molar-refractivity contribution in [2.45, 2.75) is 12.5 Å². The average Bonchev–Trinajstić information content (AvgIpc) is 2.36. The molecule has 1 aromatic rings. The van der Waals surface area contributed by atoms with Crippen LogP contribution in [0.25, 0.3) is 0 Å². The molecule has 1 fully saturated rings. The molecule has 1 heterocycles. The summed E-state index contributed by atoms with van der Waals surface area (Å²) >= 11 is 0. The maximum absolute atomic E-state index is 11.0. The Morgan fingerprint density at radius 3 is 2.95 bits per heavy atom. The predicted molar refractivity (Wildman–Crippen MR) is 68.5 cm³/mol. The minimum atomic E-state index is -0.516. The molecule has 0 amide bonds. The molecule has 1 aliphatic heterocycles. The minimum Gasteiger partial charge on any atom is -0.409 e. The van der Waals surface area contributed by atoms with Gasteiger partial charge in [-0.25, -0.2) is 0 Å². The molecule has 1 aliphatic rings. The maximum Gasteiger partial charge on any atom is 0.293 e. The van der Waals surface area contributed by atoms with Crippen molar-refractivity contribution in [1.82, 2.24) is 0 Å². The second kappa shape index (κ2) is 5.53. The number of amidine groups is 1. The molecule has 8 nitrogen and oxygen atoms in total. The monoisotopic (exact) mass is 266 g/mol. The zero-order chi connectivity index (χ0) is 13.8. The van der Waals surface area contributed by atoms with E-state index in [0.29, 0.717) is 17.8 Å². The van der Waals surface area contributed by atoms with E-state index in [-0.39, 0.29) is 17.6 Å². The van der Waals surface area contributed by atoms with Crippen LogP contribution in [-0.4, -0.2) is 35.2 Å². The topological polar surface area (TPSA) is 123 Å². The van der Waals surface area contributed by atoms with Crippen LogP contribution in [0, 0.1) is 10.1 Å². The summed E-state index contributed by atoms with van der Waals surface area (Å²) in [4.78, 5) is 10.5. The molecule has 8 heteroatoms. The summed E-state index contributed by atoms with van der Waals surface area (Å²) in [5.41, 5.74) is 5.96. The molecule has 0 aliphatic carbocycles. The molecule has 0 radical (unpaired) electrons. The summed E-state index contributed by atoms with van der Waals surface area (Å²) in [5.74, 6) is -0.169. The van der Waals surface area contributed by atoms with E-state index in [1.165, 1.54) is 12.1 Å². The fourth-order valence-electron chi connectivity index (χ4n) is 1.72. The number of nitro benzene ring substituents is 1. The van der Waals surface area contributed by atoms with Crippen LogP contribution in [0.2, 0.25) is 0 Å². The van der Waals surface area contributed by atoms with Gasteiger partial charge in [-0.3, -0.25) is 10.1 Å². The first-order chi connectivity index (χ1) is 9.11. The van der Waals surface area contributed by atoms with E-state index in [1.54, 1.807) is 6.07 Å². The molecule has 0 spiro atoms. The normalized spacial score (nSPS) is 18.7. The number of benzene rings is 1. The Morgan fingerprint density at radius 1 is 1.68 bits per heavy atom. The highest BCUT2D eigenvalue weighted by Gasteiger charge is 2.20. The highest BCUT2D eigenvalue weighted by Crippen LogP contribution is 2.26. The largest absolute Gasteiger partial charge is 0.409 e. The smallest absolute Gasteiger partial charge is 0.293 e. The number of hydrogen-bond donors (Lipinski definition) is 3. The molecule has 0 unspecified atom stereocenters. The Hall–Kier alpha value is -2.35. The van der Waals surface area contributed by atoms with Gasteiger partial charge in [-0.15, -0.1) is 0 Å². The third kappa shape index (κ3) is 2.91. The first kappa shape index (κ1) is 13.1. The van der Waals surface area contributed by atoms with Crippen molar-refractivity contribution in [3.8, 4) is 0 Å². The standard InChI is InChI=1S/C11H14N4O4/c12-11(14-16)7-1-2-9(10(5-7)15(17)18)13-6-8-3-4-19-8/h1-2,5,8,13,16H,3-4,6H2,(H2,12,14)/t8-/m0/s1. The number of anilines is 1. The number of nitrogens with zero attached hydrogens (tertiary/aromatic N) is 2. The van der Waals surface area contributed by atoms with Crippen LogP contribution < -0.4 is 11.1 Å². The van der Waals surface area contributed by atoms with Gasteiger partial charge in [-0.05, 0) is 18.6 Å². The van der Waals surface area contributed by atoms with Crippen LogP contribution in [-0.2, 0) is 4.74 Å². The van der Waals surface area contributed by atoms with Crippen LogP contribution in [0.3, 0.4) is 0 Å². The number of nitrogens with one attached hydrogen (secondary N) is 1. The first-order valence-electron chi connectivity index (χ1n) is 5.73. The van der Waals surface area contributed by atoms with E-state index < -0.39 is 4.92 Å². The summed E-state index contributed by atoms with van der Waals surface area (Å²) in [7, 11) is 0. The van der Waals surface area contributed by atoms with Gasteiger partial charge in [-0.2, -0.15) is 0 Å². The molecule has 0 saturated carbocycles. The van der Waals surface area contributed by atoms with Crippen molar-refractivity contribution < 1.29 is 14.9 Å². The van der Waals surface area contributed by atoms with Gasteiger partial charge in [0.05, 0.1) is 11.0 Å². The third-order valence-electron chi connectivity index (χ3n) is 2.91. The van der Waals surface area contributed by atoms with E-state index in [4.69, 9.17) is 15.7 Å². The number of nitro groups is 1. The van der Waals surface area contributed by atoms with Gasteiger partial charge in [0.15, 0.2) is 5.84 Å². The summed E-state index contributed by atoms with van der Waals surface area (Å²) < 4.78 is 5.23. The van der Waals surface area contributed by atoms with Crippen molar-refractivity contribution >= 4 is 17.2 Å². The predicted octanol–water partition coefficient (Wildman–Crippen LogP) is 0.890. The lowest BCUT2D eigenvalue weighted by Crippen LogP contribution is -2.33. The Kier molecular flexibility index (Phi) is 3.81. The van der Waals surface area contributed by atoms with Crippen molar-refractivity contribution in [2.24, 2.45) is 10.9 Å². The molecule has 19 heavy (non-hydrogen) atoms. The van der Waals surface area contributed by atoms with Crippen LogP contribution >= 0.6 is 0 Å². The van der Waals surface area contributed by atoms with Crippen molar-refractivity contribution in [1.29, 1.82) is 0 Å². The molecule has 102 valence electrons. The molecule has 2 rings (SSSR count). The number of nitrogens with two attached hydrogens (primary N) is 1. The zero-order valence-corrected chi connectivity index (χ0v) is 10.1. The lowest BCUT2D eigenvalue weighted by Gasteiger charge is -2.26. The third-order valence-corrected chi connectivity index (χ3v) is 2.91. The summed E-state index contributed by atoms with van der Waals surface area (Å²) in [6.07, 6.45) is 1.05. The molecule has 1 saturated heterocycles. The van der Waals surface area contributed by atoms with Crippen LogP contribution in [0.1, 0.15) is 12.0 Å². The fourth-order valence-corrected chi connectivity index (χ4v) is 1.72. The summed E-state index contributed by atoms with van der Waals surface area (Å²) in [6.45, 7) is 1.25. The van der Waals surface area contributed by atoms with E-state index in [1.807, 2.05) is 0 Å². The Bertz CT molecular complexity index is 513. The van der Waals surface area contributed by atoms with Gasteiger partial charge < -0.3 is 21.0 Å². The van der Waals surface area contributed by atoms with E-state index in [2.05, 4.69) is 10.5 Å². The fraction of sp³-hybridized carbons (Fsp3) is 0.364. The SMILES string of the molecule is NC(=NO)c1ccc(NC[C@@H]2CCO2)c([N+](=O)[O-])c1. The summed E-state index contributed by atoms with van der Waals surface area (Å²) in [6, 6.07) is 4.34. The van der Waals surface area contributed by atoms with Gasteiger partial charge in [0, 0.05) is 24.8 Å². The van der Waals surface area contributed by atoms with Crippen LogP contribution in [0.5, 0.6) is 0 Å². The Balaban J connectivity index is 2.19. The van der Waals surface area contributed by atoms with Crippen molar-refractivity contribution in [3.63, 3.8) is 0 Å². The number of oxime groups is 1. The minimum absolute atomic E-state index is 0.100. The highest BCUT2D eigenvalue weighted by molar-refractivity contribution is 5.98. The Morgan fingerprint density at radius 2 is 2.42 bits per heavy atom. The highest BCUT2D eigenvalue weighted by atomic mass is 16.6. The molecular formula is C11H14N4O4. The molecule has 0 bridgehead atoms. The first-order valence-corrected chi connectivity index (χ1v) is 5.73. The lowest BCUT2D eigenvalue weighted by atomic mass is 10.1. The molecular weight excluding hydrogens is 252 g/mol. The second-order valence-electron chi connectivity index (χ2n) is 4.14. The van der Waals surface area contributed by atoms with E-state index >= 15 is 0 Å². The molecule has 1 aromatic carbocycles. The summed E-state index contributed by atoms with van der Waals surface area (Å²) in [5, 5.41) is 25.4. The van der Waals surface area contributed by atoms with E-state index in [0.717, 1.165) is 13.0 Å². The average molecular weight is 266 g/mol. The number of ether oxygens (including phenoxy) is 1. The zero-order valence-electron chi connectivity index (χ0n) is 10.1. The van der Waals surface area contributed by atoms with Gasteiger partial charge in [0.1, 0.15) is 5.69 Å². The van der Waals surface area contributed by atoms with Crippen molar-refractivity contribution in [2.75, 3.05) is 18.5 Å². The second-order valence-corrected chi connectivity index (χ2v) is 4.14. The van der Waals surface area contributed by atoms with E-state index in [9.17, 15) is 10.1 Å². The van der Waals surface area contributed by atoms with Gasteiger partial charge in [-0.1, -0.05) is 5.16 Å². The molecule has 1 atom stereocenters. The van der Waals surface area contributed by atoms with Crippen molar-refractivity contribution in [3.05, 3.63) is 33.9 Å².